The number of amidine groups is 1. The summed E-state index contributed by atoms with van der Waals surface area (Å²) in [5.41, 5.74) is 2.78. The molecule has 0 spiro atoms. The minimum Gasteiger partial charge on any atom is -0.491 e. The number of hydrogen-bond donors (Lipinski definition) is 0. The van der Waals surface area contributed by atoms with Crippen LogP contribution < -0.4 is 4.74 Å². The third-order valence-corrected chi connectivity index (χ3v) is 6.63. The molecule has 4 nitrogen and oxygen atoms in total. The van der Waals surface area contributed by atoms with Crippen LogP contribution in [0.5, 0.6) is 5.75 Å². The fourth-order valence-electron chi connectivity index (χ4n) is 3.46. The van der Waals surface area contributed by atoms with E-state index in [4.69, 9.17) is 32.9 Å². The summed E-state index contributed by atoms with van der Waals surface area (Å²) < 4.78 is 5.87. The first-order chi connectivity index (χ1) is 16.5. The molecule has 1 aliphatic rings. The highest BCUT2D eigenvalue weighted by Gasteiger charge is 2.33. The van der Waals surface area contributed by atoms with Crippen molar-refractivity contribution < 1.29 is 9.53 Å². The summed E-state index contributed by atoms with van der Waals surface area (Å²) in [5, 5.41) is 1.56. The average Bonchev–Trinajstić information content (AvgIpc) is 3.12. The minimum absolute atomic E-state index is 0.113. The predicted octanol–water partition coefficient (Wildman–Crippen LogP) is 7.45. The van der Waals surface area contributed by atoms with Gasteiger partial charge in [-0.15, -0.1) is 0 Å². The maximum Gasteiger partial charge on any atom is 0.267 e. The Bertz CT molecular complexity index is 1210. The topological polar surface area (TPSA) is 41.9 Å². The van der Waals surface area contributed by atoms with Crippen molar-refractivity contribution in [3.63, 3.8) is 0 Å². The van der Waals surface area contributed by atoms with Gasteiger partial charge in [0, 0.05) is 10.6 Å². The number of ether oxygens (including phenoxy) is 1. The molecular formula is C27H24Cl2N2O2S. The summed E-state index contributed by atoms with van der Waals surface area (Å²) in [6.07, 6.45) is 2.63. The Balaban J connectivity index is 1.69. The standard InChI is InChI=1S/C27H24Cl2N2O2S/c1-2-13-33-25-21(14-22(28)16-23(25)29)15-24-26(32)31(18-20-11-7-4-8-12-20)27(34-24)30-17-19-9-5-3-6-10-19/h3-12,14-16H,2,13,17-18H2,1H3/b24-15+,30-27?. The zero-order chi connectivity index (χ0) is 23.9. The van der Waals surface area contributed by atoms with Gasteiger partial charge in [0.05, 0.1) is 29.6 Å². The lowest BCUT2D eigenvalue weighted by Gasteiger charge is -2.16. The SMILES string of the molecule is CCCOc1c(Cl)cc(Cl)cc1/C=C1/SC(=NCc2ccccc2)N(Cc2ccccc2)C1=O. The van der Waals surface area contributed by atoms with E-state index in [-0.39, 0.29) is 5.91 Å². The number of aliphatic imine (C=N–C) groups is 1. The molecule has 0 N–H and O–H groups in total. The van der Waals surface area contributed by atoms with Gasteiger partial charge in [0.15, 0.2) is 5.17 Å². The Morgan fingerprint density at radius 3 is 2.35 bits per heavy atom. The minimum atomic E-state index is -0.113. The van der Waals surface area contributed by atoms with E-state index in [9.17, 15) is 4.79 Å². The molecular weight excluding hydrogens is 487 g/mol. The summed E-state index contributed by atoms with van der Waals surface area (Å²) in [7, 11) is 0. The van der Waals surface area contributed by atoms with Crippen molar-refractivity contribution in [1.29, 1.82) is 0 Å². The second kappa shape index (κ2) is 11.6. The lowest BCUT2D eigenvalue weighted by molar-refractivity contribution is -0.122. The highest BCUT2D eigenvalue weighted by molar-refractivity contribution is 8.18. The Morgan fingerprint density at radius 1 is 1.00 bits per heavy atom. The number of hydrogen-bond acceptors (Lipinski definition) is 4. The third kappa shape index (κ3) is 6.03. The summed E-state index contributed by atoms with van der Waals surface area (Å²) in [6.45, 7) is 3.47. The van der Waals surface area contributed by atoms with E-state index in [1.165, 1.54) is 11.8 Å². The lowest BCUT2D eigenvalue weighted by atomic mass is 10.1. The van der Waals surface area contributed by atoms with Crippen LogP contribution in [0.4, 0.5) is 0 Å². The fraction of sp³-hybridized carbons (Fsp3) is 0.185. The Labute approximate surface area is 214 Å². The van der Waals surface area contributed by atoms with Gasteiger partial charge in [-0.25, -0.2) is 0 Å². The van der Waals surface area contributed by atoms with Crippen molar-refractivity contribution in [1.82, 2.24) is 4.90 Å². The number of nitrogens with zero attached hydrogens (tertiary/aromatic N) is 2. The van der Waals surface area contributed by atoms with Gasteiger partial charge in [0.1, 0.15) is 5.75 Å². The first kappa shape index (κ1) is 24.4. The summed E-state index contributed by atoms with van der Waals surface area (Å²) >= 11 is 14.0. The smallest absolute Gasteiger partial charge is 0.267 e. The number of carbonyl (C=O) groups is 1. The van der Waals surface area contributed by atoms with Crippen molar-refractivity contribution in [2.24, 2.45) is 4.99 Å². The maximum atomic E-state index is 13.5. The zero-order valence-corrected chi connectivity index (χ0v) is 21.0. The predicted molar refractivity (Wildman–Crippen MR) is 142 cm³/mol. The van der Waals surface area contributed by atoms with Gasteiger partial charge in [-0.3, -0.25) is 14.7 Å². The number of thioether (sulfide) groups is 1. The number of carbonyl (C=O) groups excluding carboxylic acids is 1. The fourth-order valence-corrected chi connectivity index (χ4v) is 4.99. The highest BCUT2D eigenvalue weighted by Crippen LogP contribution is 2.39. The number of rotatable bonds is 8. The summed E-state index contributed by atoms with van der Waals surface area (Å²) in [6, 6.07) is 23.3. The quantitative estimate of drug-likeness (QED) is 0.295. The van der Waals surface area contributed by atoms with Gasteiger partial charge in [0.2, 0.25) is 0 Å². The molecule has 1 fully saturated rings. The van der Waals surface area contributed by atoms with Crippen molar-refractivity contribution in [2.75, 3.05) is 6.61 Å². The molecule has 174 valence electrons. The monoisotopic (exact) mass is 510 g/mol. The van der Waals surface area contributed by atoms with E-state index >= 15 is 0 Å². The molecule has 0 aliphatic carbocycles. The van der Waals surface area contributed by atoms with E-state index in [0.717, 1.165) is 17.5 Å². The molecule has 1 heterocycles. The molecule has 1 saturated heterocycles. The molecule has 0 radical (unpaired) electrons. The van der Waals surface area contributed by atoms with Crippen LogP contribution >= 0.6 is 35.0 Å². The molecule has 3 aromatic rings. The molecule has 0 atom stereocenters. The second-order valence-electron chi connectivity index (χ2n) is 7.73. The Kier molecular flexibility index (Phi) is 8.33. The maximum absolute atomic E-state index is 13.5. The number of amides is 1. The van der Waals surface area contributed by atoms with Gasteiger partial charge in [0.25, 0.3) is 5.91 Å². The molecule has 3 aromatic carbocycles. The zero-order valence-electron chi connectivity index (χ0n) is 18.7. The van der Waals surface area contributed by atoms with Crippen LogP contribution in [-0.4, -0.2) is 22.6 Å². The number of benzene rings is 3. The molecule has 0 saturated carbocycles. The Hall–Kier alpha value is -2.73. The van der Waals surface area contributed by atoms with Crippen LogP contribution in [0.2, 0.25) is 10.0 Å². The summed E-state index contributed by atoms with van der Waals surface area (Å²) in [4.78, 5) is 20.5. The van der Waals surface area contributed by atoms with Gasteiger partial charge in [-0.2, -0.15) is 0 Å². The normalized spacial score (nSPS) is 16.0. The van der Waals surface area contributed by atoms with Crippen molar-refractivity contribution in [2.45, 2.75) is 26.4 Å². The molecule has 34 heavy (non-hydrogen) atoms. The molecule has 1 amide bonds. The van der Waals surface area contributed by atoms with E-state index in [0.29, 0.717) is 51.1 Å². The van der Waals surface area contributed by atoms with Crippen LogP contribution in [0.25, 0.3) is 6.08 Å². The Morgan fingerprint density at radius 2 is 1.68 bits per heavy atom. The van der Waals surface area contributed by atoms with Gasteiger partial charge < -0.3 is 4.74 Å². The van der Waals surface area contributed by atoms with E-state index in [1.807, 2.05) is 67.6 Å². The molecule has 4 rings (SSSR count). The molecule has 7 heteroatoms. The van der Waals surface area contributed by atoms with E-state index in [2.05, 4.69) is 0 Å². The first-order valence-corrected chi connectivity index (χ1v) is 12.6. The summed E-state index contributed by atoms with van der Waals surface area (Å²) in [5.74, 6) is 0.413. The van der Waals surface area contributed by atoms with Crippen LogP contribution in [0.15, 0.2) is 82.7 Å². The van der Waals surface area contributed by atoms with Crippen LogP contribution in [0.1, 0.15) is 30.0 Å². The highest BCUT2D eigenvalue weighted by atomic mass is 35.5. The third-order valence-electron chi connectivity index (χ3n) is 5.09. The van der Waals surface area contributed by atoms with E-state index in [1.54, 1.807) is 23.1 Å². The van der Waals surface area contributed by atoms with Gasteiger partial charge in [-0.1, -0.05) is 90.8 Å². The first-order valence-electron chi connectivity index (χ1n) is 11.0. The van der Waals surface area contributed by atoms with Crippen molar-refractivity contribution in [3.05, 3.63) is 104 Å². The van der Waals surface area contributed by atoms with Crippen LogP contribution in [-0.2, 0) is 17.9 Å². The lowest BCUT2D eigenvalue weighted by Crippen LogP contribution is -2.28. The molecule has 0 bridgehead atoms. The largest absolute Gasteiger partial charge is 0.491 e. The van der Waals surface area contributed by atoms with Crippen LogP contribution in [0, 0.1) is 0 Å². The van der Waals surface area contributed by atoms with Gasteiger partial charge in [-0.05, 0) is 47.5 Å². The van der Waals surface area contributed by atoms with Gasteiger partial charge >= 0.3 is 0 Å². The average molecular weight is 511 g/mol. The molecule has 0 unspecified atom stereocenters. The van der Waals surface area contributed by atoms with E-state index < -0.39 is 0 Å². The molecule has 1 aliphatic heterocycles. The van der Waals surface area contributed by atoms with Crippen molar-refractivity contribution in [3.8, 4) is 5.75 Å². The number of halogens is 2. The van der Waals surface area contributed by atoms with Crippen molar-refractivity contribution >= 4 is 52.1 Å². The van der Waals surface area contributed by atoms with Crippen LogP contribution in [0.3, 0.4) is 0 Å². The second-order valence-corrected chi connectivity index (χ2v) is 9.58. The molecule has 0 aromatic heterocycles.